The Hall–Kier alpha value is -2.93. The summed E-state index contributed by atoms with van der Waals surface area (Å²) in [5.74, 6) is 1.82. The van der Waals surface area contributed by atoms with E-state index in [1.807, 2.05) is 16.8 Å². The number of hydrogen-bond donors (Lipinski definition) is 1. The largest absolute Gasteiger partial charge is 0.480 e. The van der Waals surface area contributed by atoms with E-state index in [1.54, 1.807) is 13.3 Å². The van der Waals surface area contributed by atoms with Crippen molar-refractivity contribution >= 4 is 17.0 Å². The van der Waals surface area contributed by atoms with E-state index < -0.39 is 0 Å². The van der Waals surface area contributed by atoms with Crippen molar-refractivity contribution in [2.45, 2.75) is 19.4 Å². The zero-order valence-corrected chi connectivity index (χ0v) is 15.8. The first-order chi connectivity index (χ1) is 13.7. The summed E-state index contributed by atoms with van der Waals surface area (Å²) >= 11 is 0. The number of methoxy groups -OCH3 is 1. The van der Waals surface area contributed by atoms with Crippen LogP contribution >= 0.6 is 0 Å². The monoisotopic (exact) mass is 375 g/mol. The number of ether oxygens (including phenoxy) is 2. The maximum absolute atomic E-state index is 5.67. The van der Waals surface area contributed by atoms with E-state index in [1.165, 1.54) is 0 Å². The molecule has 0 spiro atoms. The highest BCUT2D eigenvalue weighted by atomic mass is 16.5. The minimum absolute atomic E-state index is 0.208. The van der Waals surface area contributed by atoms with Crippen molar-refractivity contribution in [2.75, 3.05) is 25.6 Å². The van der Waals surface area contributed by atoms with Gasteiger partial charge in [-0.15, -0.1) is 0 Å². The maximum atomic E-state index is 5.67. The molecule has 7 nitrogen and oxygen atoms in total. The summed E-state index contributed by atoms with van der Waals surface area (Å²) in [6, 6.07) is 6.57. The first kappa shape index (κ1) is 16.1. The lowest BCUT2D eigenvalue weighted by Crippen LogP contribution is -2.19. The van der Waals surface area contributed by atoms with E-state index in [0.29, 0.717) is 23.8 Å². The molecule has 0 aromatic carbocycles. The maximum Gasteiger partial charge on any atom is 0.226 e. The lowest BCUT2D eigenvalue weighted by molar-refractivity contribution is 0.147. The van der Waals surface area contributed by atoms with Crippen LogP contribution in [0.5, 0.6) is 5.88 Å². The molecule has 1 N–H and O–H groups in total. The zero-order chi connectivity index (χ0) is 18.9. The van der Waals surface area contributed by atoms with Crippen LogP contribution in [0.2, 0.25) is 0 Å². The molecule has 28 heavy (non-hydrogen) atoms. The summed E-state index contributed by atoms with van der Waals surface area (Å²) in [6.07, 6.45) is 6.75. The fourth-order valence-corrected chi connectivity index (χ4v) is 4.72. The van der Waals surface area contributed by atoms with Crippen LogP contribution in [0.3, 0.4) is 0 Å². The van der Waals surface area contributed by atoms with Crippen LogP contribution in [0.1, 0.15) is 23.7 Å². The van der Waals surface area contributed by atoms with E-state index in [4.69, 9.17) is 14.5 Å². The van der Waals surface area contributed by atoms with Crippen LogP contribution in [0.25, 0.3) is 11.1 Å². The number of nitrogens with one attached hydrogen (secondary N) is 1. The van der Waals surface area contributed by atoms with Gasteiger partial charge in [0.25, 0.3) is 0 Å². The molecule has 0 radical (unpaired) electrons. The minimum atomic E-state index is 0.208. The van der Waals surface area contributed by atoms with Gasteiger partial charge < -0.3 is 14.8 Å². The van der Waals surface area contributed by atoms with Gasteiger partial charge in [0.1, 0.15) is 0 Å². The highest BCUT2D eigenvalue weighted by Gasteiger charge is 2.65. The molecule has 1 aliphatic heterocycles. The second-order valence-electron chi connectivity index (χ2n) is 8.07. The minimum Gasteiger partial charge on any atom is -0.480 e. The smallest absolute Gasteiger partial charge is 0.226 e. The fourth-order valence-electron chi connectivity index (χ4n) is 4.72. The van der Waals surface area contributed by atoms with Gasteiger partial charge in [-0.3, -0.25) is 0 Å². The molecule has 3 aliphatic rings. The third-order valence-corrected chi connectivity index (χ3v) is 6.47. The van der Waals surface area contributed by atoms with Crippen LogP contribution in [-0.2, 0) is 11.2 Å². The Bertz CT molecular complexity index is 1140. The Morgan fingerprint density at radius 1 is 1.32 bits per heavy atom. The zero-order valence-electron chi connectivity index (χ0n) is 15.8. The number of hydrogen-bond acceptors (Lipinski definition) is 6. The summed E-state index contributed by atoms with van der Waals surface area (Å²) in [4.78, 5) is 9.50. The van der Waals surface area contributed by atoms with Gasteiger partial charge in [0.2, 0.25) is 11.8 Å². The number of anilines is 1. The molecule has 3 aromatic heterocycles. The van der Waals surface area contributed by atoms with Crippen LogP contribution in [0, 0.1) is 11.3 Å². The quantitative estimate of drug-likeness (QED) is 0.756. The molecule has 7 heteroatoms. The molecule has 1 unspecified atom stereocenters. The van der Waals surface area contributed by atoms with Gasteiger partial charge in [0, 0.05) is 36.2 Å². The van der Waals surface area contributed by atoms with Crippen LogP contribution < -0.4 is 10.1 Å². The second-order valence-corrected chi connectivity index (χ2v) is 8.07. The first-order valence-electron chi connectivity index (χ1n) is 9.61. The van der Waals surface area contributed by atoms with Crippen molar-refractivity contribution in [3.05, 3.63) is 53.5 Å². The molecule has 2 aliphatic carbocycles. The van der Waals surface area contributed by atoms with Crippen molar-refractivity contribution < 1.29 is 9.47 Å². The Morgan fingerprint density at radius 3 is 3.07 bits per heavy atom. The molecule has 4 heterocycles. The molecule has 0 bridgehead atoms. The van der Waals surface area contributed by atoms with Crippen molar-refractivity contribution in [1.29, 1.82) is 0 Å². The molecule has 0 amide bonds. The molecule has 2 fully saturated rings. The van der Waals surface area contributed by atoms with Gasteiger partial charge in [-0.05, 0) is 29.3 Å². The Morgan fingerprint density at radius 2 is 2.25 bits per heavy atom. The predicted octanol–water partition coefficient (Wildman–Crippen LogP) is 2.57. The van der Waals surface area contributed by atoms with Crippen molar-refractivity contribution in [3.8, 4) is 5.88 Å². The van der Waals surface area contributed by atoms with E-state index in [9.17, 15) is 0 Å². The number of allylic oxidation sites excluding steroid dienone is 1. The number of pyridine rings is 1. The molecule has 1 saturated carbocycles. The van der Waals surface area contributed by atoms with Crippen molar-refractivity contribution in [1.82, 2.24) is 19.6 Å². The highest BCUT2D eigenvalue weighted by molar-refractivity contribution is 5.87. The van der Waals surface area contributed by atoms with E-state index in [0.717, 1.165) is 47.5 Å². The van der Waals surface area contributed by atoms with Crippen LogP contribution in [0.4, 0.5) is 5.95 Å². The summed E-state index contributed by atoms with van der Waals surface area (Å²) in [5.41, 5.74) is 5.49. The molecular formula is C21H21N5O2. The Balaban J connectivity index is 1.35. The topological polar surface area (TPSA) is 73.6 Å². The number of nitrogens with zero attached hydrogens (tertiary/aromatic N) is 4. The van der Waals surface area contributed by atoms with Crippen molar-refractivity contribution in [3.63, 3.8) is 0 Å². The second kappa shape index (κ2) is 5.54. The lowest BCUT2D eigenvalue weighted by Gasteiger charge is -2.15. The number of fused-ring (bicyclic) bond motifs is 3. The van der Waals surface area contributed by atoms with Crippen LogP contribution in [0.15, 0.2) is 36.7 Å². The number of aromatic nitrogens is 4. The van der Waals surface area contributed by atoms with E-state index in [2.05, 4.69) is 40.5 Å². The molecule has 142 valence electrons. The standard InChI is InChI=1S/C21H21N5O2/c1-21-11-28-10-15(21)18(21)24-20-23-16-4-3-14(17(16)19(25-20)27-2)12-6-8-26-13(9-12)5-7-22-26/h3,5-9,15,18H,4,10-11H2,1-2H3,(H,23,24,25)/t15?,18-,21+/m0/s1. The highest BCUT2D eigenvalue weighted by Crippen LogP contribution is 2.57. The third-order valence-electron chi connectivity index (χ3n) is 6.47. The summed E-state index contributed by atoms with van der Waals surface area (Å²) in [7, 11) is 1.67. The van der Waals surface area contributed by atoms with Gasteiger partial charge in [0.15, 0.2) is 0 Å². The Kier molecular flexibility index (Phi) is 3.18. The Labute approximate surface area is 162 Å². The van der Waals surface area contributed by atoms with E-state index >= 15 is 0 Å². The third kappa shape index (κ3) is 2.16. The molecule has 3 aromatic rings. The molecular weight excluding hydrogens is 354 g/mol. The summed E-state index contributed by atoms with van der Waals surface area (Å²) in [6.45, 7) is 3.89. The van der Waals surface area contributed by atoms with Gasteiger partial charge in [-0.1, -0.05) is 13.0 Å². The first-order valence-corrected chi connectivity index (χ1v) is 9.61. The van der Waals surface area contributed by atoms with Gasteiger partial charge in [-0.25, -0.2) is 9.50 Å². The summed E-state index contributed by atoms with van der Waals surface area (Å²) < 4.78 is 13.1. The normalized spacial score (nSPS) is 27.4. The van der Waals surface area contributed by atoms with Crippen LogP contribution in [-0.4, -0.2) is 45.9 Å². The van der Waals surface area contributed by atoms with E-state index in [-0.39, 0.29) is 5.41 Å². The van der Waals surface area contributed by atoms with Gasteiger partial charge in [-0.2, -0.15) is 10.1 Å². The molecule has 1 saturated heterocycles. The van der Waals surface area contributed by atoms with Gasteiger partial charge >= 0.3 is 0 Å². The SMILES string of the molecule is COc1nc(N[C@H]2C3COC[C@]32C)nc2c1C(c1ccn3nccc3c1)=CC2. The van der Waals surface area contributed by atoms with Gasteiger partial charge in [0.05, 0.1) is 37.1 Å². The lowest BCUT2D eigenvalue weighted by atomic mass is 10.0. The fraction of sp³-hybridized carbons (Fsp3) is 0.381. The average molecular weight is 375 g/mol. The molecule has 3 atom stereocenters. The molecule has 6 rings (SSSR count). The predicted molar refractivity (Wildman–Crippen MR) is 104 cm³/mol. The summed E-state index contributed by atoms with van der Waals surface area (Å²) in [5, 5.41) is 7.79. The van der Waals surface area contributed by atoms with Crippen molar-refractivity contribution in [2.24, 2.45) is 11.3 Å². The average Bonchev–Trinajstić information content (AvgIpc) is 3.22. The number of rotatable bonds is 4.